The van der Waals surface area contributed by atoms with Crippen LogP contribution in [0.2, 0.25) is 0 Å². The SMILES string of the molecule is CCCCCn1c(O)cn(N=Cc2ccc(-c3ccccc3)o2)c1=O. The lowest BCUT2D eigenvalue weighted by atomic mass is 10.2. The molecule has 2 heterocycles. The third-order valence-electron chi connectivity index (χ3n) is 3.92. The molecule has 6 heteroatoms. The van der Waals surface area contributed by atoms with Gasteiger partial charge in [-0.15, -0.1) is 0 Å². The molecule has 0 radical (unpaired) electrons. The van der Waals surface area contributed by atoms with E-state index >= 15 is 0 Å². The maximum atomic E-state index is 12.3. The molecular weight excluding hydrogens is 318 g/mol. The molecule has 0 bridgehead atoms. The number of hydrogen-bond acceptors (Lipinski definition) is 4. The van der Waals surface area contributed by atoms with Crippen LogP contribution in [0.15, 0.2) is 63.0 Å². The van der Waals surface area contributed by atoms with Crippen LogP contribution >= 0.6 is 0 Å². The molecule has 0 aliphatic rings. The van der Waals surface area contributed by atoms with Gasteiger partial charge in [0.2, 0.25) is 5.88 Å². The van der Waals surface area contributed by atoms with Crippen LogP contribution < -0.4 is 5.69 Å². The van der Waals surface area contributed by atoms with Crippen molar-refractivity contribution in [3.05, 3.63) is 64.9 Å². The Labute approximate surface area is 145 Å². The van der Waals surface area contributed by atoms with Crippen LogP contribution in [0.4, 0.5) is 0 Å². The van der Waals surface area contributed by atoms with Crippen LogP contribution in [0.1, 0.15) is 31.9 Å². The summed E-state index contributed by atoms with van der Waals surface area (Å²) in [5.74, 6) is 1.18. The Kier molecular flexibility index (Phi) is 5.18. The van der Waals surface area contributed by atoms with Gasteiger partial charge in [-0.25, -0.2) is 4.79 Å². The van der Waals surface area contributed by atoms with Crippen molar-refractivity contribution >= 4 is 6.21 Å². The molecule has 0 unspecified atom stereocenters. The highest BCUT2D eigenvalue weighted by molar-refractivity contribution is 5.77. The van der Waals surface area contributed by atoms with E-state index in [1.165, 1.54) is 17.0 Å². The van der Waals surface area contributed by atoms with E-state index in [4.69, 9.17) is 4.42 Å². The number of unbranched alkanes of at least 4 members (excludes halogenated alkanes) is 2. The fourth-order valence-corrected chi connectivity index (χ4v) is 2.57. The van der Waals surface area contributed by atoms with Gasteiger partial charge < -0.3 is 9.52 Å². The number of imidazole rings is 1. The molecule has 1 aromatic carbocycles. The standard InChI is InChI=1S/C19H21N3O3/c1-2-3-7-12-21-18(23)14-22(19(21)24)20-13-16-10-11-17(25-16)15-8-5-4-6-9-15/h4-6,8-11,13-14,23H,2-3,7,12H2,1H3. The summed E-state index contributed by atoms with van der Waals surface area (Å²) in [5, 5.41) is 14.0. The second-order valence-electron chi connectivity index (χ2n) is 5.79. The number of aromatic nitrogens is 2. The summed E-state index contributed by atoms with van der Waals surface area (Å²) >= 11 is 0. The Bertz CT molecular complexity index is 904. The Morgan fingerprint density at radius 2 is 1.96 bits per heavy atom. The lowest BCUT2D eigenvalue weighted by Crippen LogP contribution is -2.22. The molecule has 3 rings (SSSR count). The van der Waals surface area contributed by atoms with Crippen LogP contribution in [0.5, 0.6) is 5.88 Å². The zero-order chi connectivity index (χ0) is 17.6. The van der Waals surface area contributed by atoms with Crippen molar-refractivity contribution in [1.82, 2.24) is 9.24 Å². The van der Waals surface area contributed by atoms with E-state index in [1.54, 1.807) is 6.07 Å². The highest BCUT2D eigenvalue weighted by atomic mass is 16.3. The summed E-state index contributed by atoms with van der Waals surface area (Å²) in [6, 6.07) is 13.4. The number of hydrogen-bond donors (Lipinski definition) is 1. The number of aromatic hydroxyl groups is 1. The van der Waals surface area contributed by atoms with Crippen molar-refractivity contribution in [2.24, 2.45) is 5.10 Å². The van der Waals surface area contributed by atoms with Crippen LogP contribution in [0.25, 0.3) is 11.3 Å². The van der Waals surface area contributed by atoms with Gasteiger partial charge >= 0.3 is 5.69 Å². The fourth-order valence-electron chi connectivity index (χ4n) is 2.57. The molecule has 130 valence electrons. The molecular formula is C19H21N3O3. The van der Waals surface area contributed by atoms with Gasteiger partial charge in [0.05, 0.1) is 12.4 Å². The quantitative estimate of drug-likeness (QED) is 0.527. The normalized spacial score (nSPS) is 11.4. The van der Waals surface area contributed by atoms with Crippen molar-refractivity contribution in [3.63, 3.8) is 0 Å². The van der Waals surface area contributed by atoms with E-state index in [1.807, 2.05) is 36.4 Å². The minimum atomic E-state index is -0.361. The average Bonchev–Trinajstić information content (AvgIpc) is 3.20. The molecule has 0 fully saturated rings. The largest absolute Gasteiger partial charge is 0.493 e. The highest BCUT2D eigenvalue weighted by Crippen LogP contribution is 2.20. The summed E-state index contributed by atoms with van der Waals surface area (Å²) in [6.07, 6.45) is 5.68. The van der Waals surface area contributed by atoms with Gasteiger partial charge in [-0.05, 0) is 18.6 Å². The van der Waals surface area contributed by atoms with Crippen LogP contribution in [0, 0.1) is 0 Å². The van der Waals surface area contributed by atoms with Gasteiger partial charge in [0.1, 0.15) is 11.5 Å². The molecule has 3 aromatic rings. The van der Waals surface area contributed by atoms with Gasteiger partial charge in [0.15, 0.2) is 0 Å². The maximum Gasteiger partial charge on any atom is 0.351 e. The summed E-state index contributed by atoms with van der Waals surface area (Å²) in [6.45, 7) is 2.57. The second kappa shape index (κ2) is 7.70. The third kappa shape index (κ3) is 3.91. The van der Waals surface area contributed by atoms with Crippen molar-refractivity contribution < 1.29 is 9.52 Å². The van der Waals surface area contributed by atoms with Gasteiger partial charge in [0.25, 0.3) is 0 Å². The number of nitrogens with zero attached hydrogens (tertiary/aromatic N) is 3. The van der Waals surface area contributed by atoms with Crippen molar-refractivity contribution in [1.29, 1.82) is 0 Å². The monoisotopic (exact) mass is 339 g/mol. The number of rotatable bonds is 7. The summed E-state index contributed by atoms with van der Waals surface area (Å²) in [4.78, 5) is 12.3. The topological polar surface area (TPSA) is 72.7 Å². The number of furan rings is 1. The lowest BCUT2D eigenvalue weighted by Gasteiger charge is -2.00. The minimum absolute atomic E-state index is 0.0809. The van der Waals surface area contributed by atoms with Crippen molar-refractivity contribution in [2.75, 3.05) is 0 Å². The molecule has 25 heavy (non-hydrogen) atoms. The van der Waals surface area contributed by atoms with E-state index in [0.717, 1.165) is 35.3 Å². The first-order valence-electron chi connectivity index (χ1n) is 8.40. The van der Waals surface area contributed by atoms with Gasteiger partial charge in [-0.2, -0.15) is 9.78 Å². The highest BCUT2D eigenvalue weighted by Gasteiger charge is 2.09. The molecule has 0 aliphatic heterocycles. The fraction of sp³-hybridized carbons (Fsp3) is 0.263. The molecule has 0 aliphatic carbocycles. The first-order chi connectivity index (χ1) is 12.2. The van der Waals surface area contributed by atoms with E-state index in [9.17, 15) is 9.90 Å². The second-order valence-corrected chi connectivity index (χ2v) is 5.79. The molecule has 0 amide bonds. The first-order valence-corrected chi connectivity index (χ1v) is 8.40. The lowest BCUT2D eigenvalue weighted by molar-refractivity contribution is 0.407. The summed E-state index contributed by atoms with van der Waals surface area (Å²) in [7, 11) is 0. The summed E-state index contributed by atoms with van der Waals surface area (Å²) < 4.78 is 8.15. The van der Waals surface area contributed by atoms with Crippen molar-refractivity contribution in [2.45, 2.75) is 32.7 Å². The van der Waals surface area contributed by atoms with Crippen molar-refractivity contribution in [3.8, 4) is 17.2 Å². The zero-order valence-corrected chi connectivity index (χ0v) is 14.1. The summed E-state index contributed by atoms with van der Waals surface area (Å²) in [5.41, 5.74) is 0.610. The molecule has 0 saturated carbocycles. The van der Waals surface area contributed by atoms with Gasteiger partial charge in [0, 0.05) is 12.1 Å². The Morgan fingerprint density at radius 3 is 2.72 bits per heavy atom. The Morgan fingerprint density at radius 1 is 1.16 bits per heavy atom. The van der Waals surface area contributed by atoms with E-state index in [2.05, 4.69) is 12.0 Å². The predicted octanol–water partition coefficient (Wildman–Crippen LogP) is 3.69. The molecule has 0 saturated heterocycles. The minimum Gasteiger partial charge on any atom is -0.493 e. The smallest absolute Gasteiger partial charge is 0.351 e. The van der Waals surface area contributed by atoms with E-state index < -0.39 is 0 Å². The molecule has 0 atom stereocenters. The Balaban J connectivity index is 1.76. The van der Waals surface area contributed by atoms with Gasteiger partial charge in [-0.1, -0.05) is 50.1 Å². The van der Waals surface area contributed by atoms with Crippen LogP contribution in [-0.4, -0.2) is 20.6 Å². The van der Waals surface area contributed by atoms with E-state index in [0.29, 0.717) is 12.3 Å². The zero-order valence-electron chi connectivity index (χ0n) is 14.1. The first kappa shape index (κ1) is 16.8. The van der Waals surface area contributed by atoms with Crippen LogP contribution in [0.3, 0.4) is 0 Å². The molecule has 0 spiro atoms. The van der Waals surface area contributed by atoms with E-state index in [-0.39, 0.29) is 11.6 Å². The number of benzene rings is 1. The van der Waals surface area contributed by atoms with Crippen LogP contribution in [-0.2, 0) is 6.54 Å². The van der Waals surface area contributed by atoms with Gasteiger partial charge in [-0.3, -0.25) is 4.57 Å². The molecule has 2 aromatic heterocycles. The average molecular weight is 339 g/mol. The Hall–Kier alpha value is -3.02. The predicted molar refractivity (Wildman–Crippen MR) is 97.0 cm³/mol. The maximum absolute atomic E-state index is 12.3. The molecule has 1 N–H and O–H groups in total. The third-order valence-corrected chi connectivity index (χ3v) is 3.92. The molecule has 6 nitrogen and oxygen atoms in total.